The van der Waals surface area contributed by atoms with Crippen LogP contribution in [0.1, 0.15) is 17.2 Å². The molecule has 92 valence electrons. The molecule has 0 spiro atoms. The molecule has 3 rings (SSSR count). The molecule has 0 aliphatic carbocycles. The van der Waals surface area contributed by atoms with Crippen molar-refractivity contribution in [1.29, 1.82) is 0 Å². The van der Waals surface area contributed by atoms with Crippen LogP contribution in [-0.2, 0) is 11.8 Å². The number of carbonyl (C=O) groups is 1. The van der Waals surface area contributed by atoms with Gasteiger partial charge in [0.2, 0.25) is 5.91 Å². The Morgan fingerprint density at radius 3 is 2.83 bits per heavy atom. The zero-order valence-corrected chi connectivity index (χ0v) is 10.3. The zero-order chi connectivity index (χ0) is 12.7. The van der Waals surface area contributed by atoms with E-state index in [0.717, 1.165) is 22.7 Å². The Hall–Kier alpha value is -2.23. The van der Waals surface area contributed by atoms with E-state index in [1.54, 1.807) is 7.11 Å². The van der Waals surface area contributed by atoms with Crippen LogP contribution in [0.4, 0.5) is 5.69 Å². The lowest BCUT2D eigenvalue weighted by Gasteiger charge is -2.11. The minimum atomic E-state index is -0.255. The van der Waals surface area contributed by atoms with Gasteiger partial charge in [0, 0.05) is 24.6 Å². The first kappa shape index (κ1) is 10.9. The molecule has 1 unspecified atom stereocenters. The number of anilines is 1. The second-order valence-electron chi connectivity index (χ2n) is 4.42. The van der Waals surface area contributed by atoms with E-state index >= 15 is 0 Å². The number of hydrogen-bond donors (Lipinski definition) is 1. The first-order chi connectivity index (χ1) is 8.70. The van der Waals surface area contributed by atoms with E-state index in [9.17, 15) is 4.79 Å². The SMILES string of the molecule is COc1ccc2c(c1)C(c1cccn1C)C(=O)N2. The van der Waals surface area contributed by atoms with Crippen molar-refractivity contribution in [3.05, 3.63) is 47.8 Å². The molecule has 1 aromatic carbocycles. The van der Waals surface area contributed by atoms with E-state index in [1.807, 2.05) is 48.1 Å². The fraction of sp³-hybridized carbons (Fsp3) is 0.214. The fourth-order valence-corrected chi connectivity index (χ4v) is 2.43. The number of nitrogens with one attached hydrogen (secondary N) is 1. The number of aryl methyl sites for hydroxylation is 1. The number of ether oxygens (including phenoxy) is 1. The Kier molecular flexibility index (Phi) is 2.37. The number of amides is 1. The van der Waals surface area contributed by atoms with Crippen molar-refractivity contribution in [2.75, 3.05) is 12.4 Å². The van der Waals surface area contributed by atoms with Crippen LogP contribution in [0.25, 0.3) is 0 Å². The van der Waals surface area contributed by atoms with Gasteiger partial charge >= 0.3 is 0 Å². The fourth-order valence-electron chi connectivity index (χ4n) is 2.43. The number of benzene rings is 1. The first-order valence-electron chi connectivity index (χ1n) is 5.80. The Morgan fingerprint density at radius 1 is 1.33 bits per heavy atom. The van der Waals surface area contributed by atoms with Gasteiger partial charge in [0.25, 0.3) is 0 Å². The van der Waals surface area contributed by atoms with E-state index < -0.39 is 0 Å². The van der Waals surface area contributed by atoms with Crippen molar-refractivity contribution in [3.8, 4) is 5.75 Å². The first-order valence-corrected chi connectivity index (χ1v) is 5.80. The number of aromatic nitrogens is 1. The molecule has 0 saturated heterocycles. The molecule has 2 aromatic rings. The van der Waals surface area contributed by atoms with Crippen molar-refractivity contribution in [1.82, 2.24) is 4.57 Å². The third kappa shape index (κ3) is 1.49. The van der Waals surface area contributed by atoms with E-state index in [-0.39, 0.29) is 11.8 Å². The Bertz CT molecular complexity index is 616. The molecule has 1 atom stereocenters. The number of hydrogen-bond acceptors (Lipinski definition) is 2. The largest absolute Gasteiger partial charge is 0.497 e. The van der Waals surface area contributed by atoms with Crippen LogP contribution in [0, 0.1) is 0 Å². The predicted octanol–water partition coefficient (Wildman–Crippen LogP) is 2.12. The van der Waals surface area contributed by atoms with Crippen molar-refractivity contribution in [2.45, 2.75) is 5.92 Å². The van der Waals surface area contributed by atoms with Crippen LogP contribution in [0.2, 0.25) is 0 Å². The average Bonchev–Trinajstić information content (AvgIpc) is 2.90. The summed E-state index contributed by atoms with van der Waals surface area (Å²) in [4.78, 5) is 12.1. The molecule has 1 N–H and O–H groups in total. The molecule has 1 aromatic heterocycles. The maximum absolute atomic E-state index is 12.1. The van der Waals surface area contributed by atoms with Gasteiger partial charge in [0.1, 0.15) is 11.7 Å². The summed E-state index contributed by atoms with van der Waals surface area (Å²) in [6.45, 7) is 0. The monoisotopic (exact) mass is 242 g/mol. The number of fused-ring (bicyclic) bond motifs is 1. The summed E-state index contributed by atoms with van der Waals surface area (Å²) >= 11 is 0. The smallest absolute Gasteiger partial charge is 0.238 e. The summed E-state index contributed by atoms with van der Waals surface area (Å²) in [5.41, 5.74) is 2.83. The van der Waals surface area contributed by atoms with Gasteiger partial charge < -0.3 is 14.6 Å². The highest BCUT2D eigenvalue weighted by molar-refractivity contribution is 6.05. The molecule has 0 radical (unpaired) electrons. The van der Waals surface area contributed by atoms with Gasteiger partial charge in [0.05, 0.1) is 7.11 Å². The molecule has 2 heterocycles. The van der Waals surface area contributed by atoms with Gasteiger partial charge in [-0.05, 0) is 35.9 Å². The molecule has 0 saturated carbocycles. The highest BCUT2D eigenvalue weighted by atomic mass is 16.5. The Labute approximate surface area is 105 Å². The summed E-state index contributed by atoms with van der Waals surface area (Å²) in [6.07, 6.45) is 1.95. The maximum atomic E-state index is 12.1. The normalized spacial score (nSPS) is 17.4. The van der Waals surface area contributed by atoms with Crippen LogP contribution in [0.5, 0.6) is 5.75 Å². The number of carbonyl (C=O) groups excluding carboxylic acids is 1. The molecule has 1 aliphatic heterocycles. The second kappa shape index (κ2) is 3.91. The molecule has 4 nitrogen and oxygen atoms in total. The third-order valence-electron chi connectivity index (χ3n) is 3.37. The summed E-state index contributed by atoms with van der Waals surface area (Å²) in [7, 11) is 3.57. The molecule has 1 aliphatic rings. The highest BCUT2D eigenvalue weighted by Gasteiger charge is 2.33. The quantitative estimate of drug-likeness (QED) is 0.876. The lowest BCUT2D eigenvalue weighted by molar-refractivity contribution is -0.116. The van der Waals surface area contributed by atoms with Gasteiger partial charge in [0.15, 0.2) is 0 Å². The molecule has 18 heavy (non-hydrogen) atoms. The lowest BCUT2D eigenvalue weighted by atomic mass is 9.97. The van der Waals surface area contributed by atoms with E-state index in [2.05, 4.69) is 5.32 Å². The van der Waals surface area contributed by atoms with Crippen LogP contribution < -0.4 is 10.1 Å². The van der Waals surface area contributed by atoms with Gasteiger partial charge in [-0.15, -0.1) is 0 Å². The van der Waals surface area contributed by atoms with Crippen molar-refractivity contribution in [2.24, 2.45) is 7.05 Å². The summed E-state index contributed by atoms with van der Waals surface area (Å²) in [6, 6.07) is 9.58. The van der Waals surface area contributed by atoms with Crippen LogP contribution in [0.3, 0.4) is 0 Å². The predicted molar refractivity (Wildman–Crippen MR) is 68.9 cm³/mol. The standard InChI is InChI=1S/C14H14N2O2/c1-16-7-3-4-12(16)13-10-8-9(18-2)5-6-11(10)15-14(13)17/h3-8,13H,1-2H3,(H,15,17). The van der Waals surface area contributed by atoms with E-state index in [0.29, 0.717) is 0 Å². The van der Waals surface area contributed by atoms with Gasteiger partial charge in [-0.1, -0.05) is 0 Å². The van der Waals surface area contributed by atoms with Crippen molar-refractivity contribution >= 4 is 11.6 Å². The summed E-state index contributed by atoms with van der Waals surface area (Å²) < 4.78 is 7.20. The van der Waals surface area contributed by atoms with E-state index in [4.69, 9.17) is 4.74 Å². The maximum Gasteiger partial charge on any atom is 0.238 e. The summed E-state index contributed by atoms with van der Waals surface area (Å²) in [5.74, 6) is 0.527. The minimum Gasteiger partial charge on any atom is -0.497 e. The number of rotatable bonds is 2. The molecule has 1 amide bonds. The second-order valence-corrected chi connectivity index (χ2v) is 4.42. The molecule has 0 bridgehead atoms. The van der Waals surface area contributed by atoms with Crippen molar-refractivity contribution in [3.63, 3.8) is 0 Å². The zero-order valence-electron chi connectivity index (χ0n) is 10.3. The lowest BCUT2D eigenvalue weighted by Crippen LogP contribution is -2.15. The number of nitrogens with zero attached hydrogens (tertiary/aromatic N) is 1. The highest BCUT2D eigenvalue weighted by Crippen LogP contribution is 2.38. The topological polar surface area (TPSA) is 43.3 Å². The molecule has 0 fully saturated rings. The van der Waals surface area contributed by atoms with E-state index in [1.165, 1.54) is 0 Å². The van der Waals surface area contributed by atoms with Crippen LogP contribution in [0.15, 0.2) is 36.5 Å². The molecule has 4 heteroatoms. The van der Waals surface area contributed by atoms with Gasteiger partial charge in [-0.3, -0.25) is 4.79 Å². The van der Waals surface area contributed by atoms with Gasteiger partial charge in [-0.25, -0.2) is 0 Å². The van der Waals surface area contributed by atoms with Crippen LogP contribution >= 0.6 is 0 Å². The Morgan fingerprint density at radius 2 is 2.17 bits per heavy atom. The third-order valence-corrected chi connectivity index (χ3v) is 3.37. The average molecular weight is 242 g/mol. The minimum absolute atomic E-state index is 0.0139. The molecular weight excluding hydrogens is 228 g/mol. The van der Waals surface area contributed by atoms with Crippen LogP contribution in [-0.4, -0.2) is 17.6 Å². The number of methoxy groups -OCH3 is 1. The summed E-state index contributed by atoms with van der Waals surface area (Å²) in [5, 5.41) is 2.91. The Balaban J connectivity index is 2.13. The van der Waals surface area contributed by atoms with Crippen molar-refractivity contribution < 1.29 is 9.53 Å². The molecular formula is C14H14N2O2. The van der Waals surface area contributed by atoms with Gasteiger partial charge in [-0.2, -0.15) is 0 Å².